The molecule has 0 atom stereocenters. The van der Waals surface area contributed by atoms with E-state index in [1.54, 1.807) is 7.11 Å². The van der Waals surface area contributed by atoms with Crippen LogP contribution < -0.4 is 0 Å². The summed E-state index contributed by atoms with van der Waals surface area (Å²) in [5.74, 6) is 0. The molecule has 0 saturated heterocycles. The summed E-state index contributed by atoms with van der Waals surface area (Å²) in [6.45, 7) is 0. The van der Waals surface area contributed by atoms with Gasteiger partial charge in [-0.2, -0.15) is 0 Å². The summed E-state index contributed by atoms with van der Waals surface area (Å²) in [6, 6.07) is 0. The average molecular weight is 160 g/mol. The molecule has 0 amide bonds. The van der Waals surface area contributed by atoms with E-state index in [2.05, 4.69) is 0 Å². The van der Waals surface area contributed by atoms with Crippen LogP contribution in [0.25, 0.3) is 0 Å². The standard InChI is InChI=1S/C6H8OS2/c1-7-6-4(8)2-3-5(6)9/h6H,2-3H2,1H3. The van der Waals surface area contributed by atoms with Gasteiger partial charge in [0.25, 0.3) is 0 Å². The Morgan fingerprint density at radius 2 is 1.78 bits per heavy atom. The summed E-state index contributed by atoms with van der Waals surface area (Å²) in [5.41, 5.74) is 0. The highest BCUT2D eigenvalue weighted by Crippen LogP contribution is 2.16. The molecule has 0 radical (unpaired) electrons. The van der Waals surface area contributed by atoms with Crippen molar-refractivity contribution >= 4 is 34.2 Å². The molecule has 1 nitrogen and oxygen atoms in total. The predicted octanol–water partition coefficient (Wildman–Crippen LogP) is 1.54. The summed E-state index contributed by atoms with van der Waals surface area (Å²) in [6.07, 6.45) is 1.87. The third-order valence-electron chi connectivity index (χ3n) is 1.44. The molecule has 0 unspecified atom stereocenters. The van der Waals surface area contributed by atoms with Crippen molar-refractivity contribution in [1.82, 2.24) is 0 Å². The van der Waals surface area contributed by atoms with Crippen LogP contribution in [0, 0.1) is 0 Å². The van der Waals surface area contributed by atoms with Crippen molar-refractivity contribution in [2.45, 2.75) is 18.9 Å². The van der Waals surface area contributed by atoms with E-state index in [9.17, 15) is 0 Å². The van der Waals surface area contributed by atoms with Crippen LogP contribution in [0.2, 0.25) is 0 Å². The largest absolute Gasteiger partial charge is 0.371 e. The Kier molecular flexibility index (Phi) is 2.27. The second kappa shape index (κ2) is 2.82. The molecule has 0 aromatic carbocycles. The second-order valence-electron chi connectivity index (χ2n) is 2.05. The van der Waals surface area contributed by atoms with Crippen LogP contribution in [0.4, 0.5) is 0 Å². The molecule has 0 aromatic heterocycles. The van der Waals surface area contributed by atoms with E-state index in [1.807, 2.05) is 0 Å². The SMILES string of the molecule is COC1C(=S)CCC1=S. The first-order chi connectivity index (χ1) is 4.25. The van der Waals surface area contributed by atoms with Crippen molar-refractivity contribution in [3.05, 3.63) is 0 Å². The molecule has 0 bridgehead atoms. The van der Waals surface area contributed by atoms with Gasteiger partial charge in [0.15, 0.2) is 0 Å². The fraction of sp³-hybridized carbons (Fsp3) is 0.667. The molecule has 1 rings (SSSR count). The van der Waals surface area contributed by atoms with E-state index in [0.29, 0.717) is 0 Å². The lowest BCUT2D eigenvalue weighted by Crippen LogP contribution is -2.20. The maximum absolute atomic E-state index is 5.05. The lowest BCUT2D eigenvalue weighted by atomic mass is 10.3. The third-order valence-corrected chi connectivity index (χ3v) is 2.27. The van der Waals surface area contributed by atoms with Crippen LogP contribution in [0.3, 0.4) is 0 Å². The maximum Gasteiger partial charge on any atom is 0.120 e. The molecule has 0 N–H and O–H groups in total. The van der Waals surface area contributed by atoms with Crippen LogP contribution in [-0.2, 0) is 4.74 Å². The Morgan fingerprint density at radius 1 is 1.33 bits per heavy atom. The van der Waals surface area contributed by atoms with Gasteiger partial charge < -0.3 is 4.74 Å². The van der Waals surface area contributed by atoms with Crippen LogP contribution in [-0.4, -0.2) is 22.9 Å². The lowest BCUT2D eigenvalue weighted by molar-refractivity contribution is 0.209. The van der Waals surface area contributed by atoms with Gasteiger partial charge in [0.05, 0.1) is 0 Å². The summed E-state index contributed by atoms with van der Waals surface area (Å²) < 4.78 is 5.05. The molecule has 1 aliphatic rings. The third kappa shape index (κ3) is 1.34. The van der Waals surface area contributed by atoms with Gasteiger partial charge in [0, 0.05) is 16.8 Å². The lowest BCUT2D eigenvalue weighted by Gasteiger charge is -2.05. The van der Waals surface area contributed by atoms with Crippen LogP contribution >= 0.6 is 24.4 Å². The molecule has 0 aliphatic heterocycles. The Morgan fingerprint density at radius 3 is 2.00 bits per heavy atom. The van der Waals surface area contributed by atoms with Crippen LogP contribution in [0.15, 0.2) is 0 Å². The minimum atomic E-state index is -0.00463. The number of rotatable bonds is 1. The van der Waals surface area contributed by atoms with E-state index in [0.717, 1.165) is 22.6 Å². The highest BCUT2D eigenvalue weighted by atomic mass is 32.1. The van der Waals surface area contributed by atoms with Crippen LogP contribution in [0.5, 0.6) is 0 Å². The van der Waals surface area contributed by atoms with Gasteiger partial charge in [-0.1, -0.05) is 24.4 Å². The Labute approximate surface area is 65.4 Å². The highest BCUT2D eigenvalue weighted by Gasteiger charge is 2.25. The minimum Gasteiger partial charge on any atom is -0.371 e. The van der Waals surface area contributed by atoms with E-state index in [4.69, 9.17) is 29.2 Å². The summed E-state index contributed by atoms with van der Waals surface area (Å²) >= 11 is 10.0. The van der Waals surface area contributed by atoms with E-state index < -0.39 is 0 Å². The van der Waals surface area contributed by atoms with Gasteiger partial charge in [-0.15, -0.1) is 0 Å². The zero-order valence-corrected chi connectivity index (χ0v) is 6.85. The number of thiocarbonyl (C=S) groups is 2. The molecular weight excluding hydrogens is 152 g/mol. The Bertz CT molecular complexity index is 137. The maximum atomic E-state index is 5.05. The van der Waals surface area contributed by atoms with Crippen molar-refractivity contribution in [2.75, 3.05) is 7.11 Å². The van der Waals surface area contributed by atoms with Gasteiger partial charge in [-0.05, 0) is 12.8 Å². The first-order valence-corrected chi connectivity index (χ1v) is 3.65. The normalized spacial score (nSPS) is 21.4. The summed E-state index contributed by atoms with van der Waals surface area (Å²) in [5, 5.41) is 0. The molecule has 0 spiro atoms. The van der Waals surface area contributed by atoms with E-state index in [1.165, 1.54) is 0 Å². The van der Waals surface area contributed by atoms with Crippen molar-refractivity contribution in [1.29, 1.82) is 0 Å². The molecule has 1 fully saturated rings. The van der Waals surface area contributed by atoms with Crippen molar-refractivity contribution in [3.63, 3.8) is 0 Å². The van der Waals surface area contributed by atoms with Crippen molar-refractivity contribution in [3.8, 4) is 0 Å². The molecule has 3 heteroatoms. The second-order valence-corrected chi connectivity index (χ2v) is 3.10. The zero-order chi connectivity index (χ0) is 6.85. The fourth-order valence-corrected chi connectivity index (χ4v) is 1.71. The molecule has 0 heterocycles. The van der Waals surface area contributed by atoms with Gasteiger partial charge >= 0.3 is 0 Å². The van der Waals surface area contributed by atoms with Gasteiger partial charge in [-0.3, -0.25) is 0 Å². The van der Waals surface area contributed by atoms with Crippen LogP contribution in [0.1, 0.15) is 12.8 Å². The molecule has 50 valence electrons. The van der Waals surface area contributed by atoms with E-state index >= 15 is 0 Å². The first kappa shape index (κ1) is 7.25. The van der Waals surface area contributed by atoms with Crippen molar-refractivity contribution < 1.29 is 4.74 Å². The first-order valence-electron chi connectivity index (χ1n) is 2.84. The monoisotopic (exact) mass is 160 g/mol. The highest BCUT2D eigenvalue weighted by molar-refractivity contribution is 7.82. The molecule has 0 aromatic rings. The van der Waals surface area contributed by atoms with Gasteiger partial charge in [0.1, 0.15) is 6.10 Å². The quantitative estimate of drug-likeness (QED) is 0.538. The number of hydrogen-bond donors (Lipinski definition) is 0. The number of ether oxygens (including phenoxy) is 1. The Balaban J connectivity index is 2.66. The molecule has 1 saturated carbocycles. The number of hydrogen-bond acceptors (Lipinski definition) is 3. The van der Waals surface area contributed by atoms with Gasteiger partial charge in [-0.25, -0.2) is 0 Å². The molecular formula is C6H8OS2. The van der Waals surface area contributed by atoms with E-state index in [-0.39, 0.29) is 6.10 Å². The average Bonchev–Trinajstić information content (AvgIpc) is 2.12. The smallest absolute Gasteiger partial charge is 0.120 e. The minimum absolute atomic E-state index is 0.00463. The molecule has 9 heavy (non-hydrogen) atoms. The predicted molar refractivity (Wildman–Crippen MR) is 45.2 cm³/mol. The summed E-state index contributed by atoms with van der Waals surface area (Å²) in [4.78, 5) is 1.92. The van der Waals surface area contributed by atoms with Crippen molar-refractivity contribution in [2.24, 2.45) is 0 Å². The topological polar surface area (TPSA) is 9.23 Å². The zero-order valence-electron chi connectivity index (χ0n) is 5.22. The number of methoxy groups -OCH3 is 1. The fourth-order valence-electron chi connectivity index (χ4n) is 0.951. The van der Waals surface area contributed by atoms with Gasteiger partial charge in [0.2, 0.25) is 0 Å². The Hall–Kier alpha value is 0.140. The summed E-state index contributed by atoms with van der Waals surface area (Å²) in [7, 11) is 1.65. The molecule has 1 aliphatic carbocycles.